The summed E-state index contributed by atoms with van der Waals surface area (Å²) in [6.07, 6.45) is 0. The van der Waals surface area contributed by atoms with Gasteiger partial charge in [0.15, 0.2) is 5.96 Å². The van der Waals surface area contributed by atoms with Crippen LogP contribution in [0.3, 0.4) is 0 Å². The Bertz CT molecular complexity index is 906. The molecule has 0 bridgehead atoms. The predicted molar refractivity (Wildman–Crippen MR) is 121 cm³/mol. The molecule has 0 atom stereocenters. The molecular formula is C23H30N4O4. The zero-order chi connectivity index (χ0) is 22.2. The summed E-state index contributed by atoms with van der Waals surface area (Å²) in [5.41, 5.74) is 2.54. The van der Waals surface area contributed by atoms with Crippen molar-refractivity contribution in [1.82, 2.24) is 10.2 Å². The number of methoxy groups -OCH3 is 3. The number of rotatable bonds is 6. The Morgan fingerprint density at radius 2 is 1.71 bits per heavy atom. The van der Waals surface area contributed by atoms with E-state index in [2.05, 4.69) is 32.2 Å². The van der Waals surface area contributed by atoms with Crippen LogP contribution in [0.2, 0.25) is 0 Å². The summed E-state index contributed by atoms with van der Waals surface area (Å²) >= 11 is 0. The highest BCUT2D eigenvalue weighted by Crippen LogP contribution is 2.22. The molecule has 2 aromatic rings. The molecule has 3 rings (SSSR count). The van der Waals surface area contributed by atoms with Crippen molar-refractivity contribution >= 4 is 17.6 Å². The van der Waals surface area contributed by atoms with Gasteiger partial charge >= 0.3 is 5.97 Å². The average molecular weight is 427 g/mol. The first-order valence-electron chi connectivity index (χ1n) is 10.2. The van der Waals surface area contributed by atoms with Crippen LogP contribution in [0.5, 0.6) is 11.5 Å². The highest BCUT2D eigenvalue weighted by Gasteiger charge is 2.20. The Balaban J connectivity index is 1.58. The number of hydrogen-bond acceptors (Lipinski definition) is 6. The fourth-order valence-electron chi connectivity index (χ4n) is 3.62. The van der Waals surface area contributed by atoms with E-state index in [9.17, 15) is 4.79 Å². The second-order valence-electron chi connectivity index (χ2n) is 7.10. The molecule has 1 saturated heterocycles. The summed E-state index contributed by atoms with van der Waals surface area (Å²) in [6, 6.07) is 13.6. The summed E-state index contributed by atoms with van der Waals surface area (Å²) in [5, 5.41) is 3.39. The summed E-state index contributed by atoms with van der Waals surface area (Å²) in [7, 11) is 6.36. The van der Waals surface area contributed by atoms with Crippen molar-refractivity contribution in [2.45, 2.75) is 6.54 Å². The minimum atomic E-state index is -0.419. The van der Waals surface area contributed by atoms with E-state index in [-0.39, 0.29) is 0 Å². The lowest BCUT2D eigenvalue weighted by Crippen LogP contribution is -2.52. The van der Waals surface area contributed by atoms with Crippen LogP contribution in [-0.4, -0.2) is 71.4 Å². The number of piperazine rings is 1. The van der Waals surface area contributed by atoms with Crippen LogP contribution >= 0.6 is 0 Å². The number of benzene rings is 2. The van der Waals surface area contributed by atoms with E-state index in [1.807, 2.05) is 18.2 Å². The molecule has 0 aromatic heterocycles. The van der Waals surface area contributed by atoms with E-state index in [1.165, 1.54) is 19.9 Å². The molecule has 2 aromatic carbocycles. The molecule has 1 fully saturated rings. The second-order valence-corrected chi connectivity index (χ2v) is 7.10. The van der Waals surface area contributed by atoms with Gasteiger partial charge in [-0.3, -0.25) is 4.99 Å². The van der Waals surface area contributed by atoms with E-state index in [0.717, 1.165) is 43.5 Å². The number of esters is 1. The molecule has 0 aliphatic carbocycles. The molecule has 1 aliphatic rings. The van der Waals surface area contributed by atoms with Gasteiger partial charge in [0.1, 0.15) is 17.1 Å². The van der Waals surface area contributed by atoms with Crippen LogP contribution < -0.4 is 19.7 Å². The van der Waals surface area contributed by atoms with Crippen molar-refractivity contribution in [3.8, 4) is 11.5 Å². The van der Waals surface area contributed by atoms with Crippen LogP contribution in [0.25, 0.3) is 0 Å². The Labute approximate surface area is 183 Å². The summed E-state index contributed by atoms with van der Waals surface area (Å²) < 4.78 is 15.4. The van der Waals surface area contributed by atoms with Gasteiger partial charge in [0.2, 0.25) is 0 Å². The number of nitrogens with one attached hydrogen (secondary N) is 1. The zero-order valence-corrected chi connectivity index (χ0v) is 18.6. The Morgan fingerprint density at radius 1 is 1.00 bits per heavy atom. The number of aliphatic imine (C=N–C) groups is 1. The number of carbonyl (C=O) groups is 1. The van der Waals surface area contributed by atoms with E-state index < -0.39 is 5.97 Å². The van der Waals surface area contributed by atoms with Gasteiger partial charge in [-0.15, -0.1) is 0 Å². The molecule has 1 aliphatic heterocycles. The fourth-order valence-corrected chi connectivity index (χ4v) is 3.62. The molecule has 0 amide bonds. The quantitative estimate of drug-likeness (QED) is 0.432. The monoisotopic (exact) mass is 426 g/mol. The third-order valence-electron chi connectivity index (χ3n) is 5.35. The predicted octanol–water partition coefficient (Wildman–Crippen LogP) is 2.39. The van der Waals surface area contributed by atoms with Gasteiger partial charge in [-0.05, 0) is 42.0 Å². The topological polar surface area (TPSA) is 75.6 Å². The molecule has 166 valence electrons. The molecule has 0 unspecified atom stereocenters. The van der Waals surface area contributed by atoms with E-state index in [1.54, 1.807) is 26.3 Å². The molecule has 0 radical (unpaired) electrons. The Morgan fingerprint density at radius 3 is 2.29 bits per heavy atom. The number of nitrogens with zero attached hydrogens (tertiary/aromatic N) is 3. The van der Waals surface area contributed by atoms with Gasteiger partial charge in [-0.1, -0.05) is 6.07 Å². The minimum absolute atomic E-state index is 0.410. The first kappa shape index (κ1) is 22.3. The maximum Gasteiger partial charge on any atom is 0.341 e. The lowest BCUT2D eigenvalue weighted by Gasteiger charge is -2.37. The largest absolute Gasteiger partial charge is 0.497 e. The number of anilines is 1. The maximum atomic E-state index is 12.0. The Kier molecular flexibility index (Phi) is 7.59. The van der Waals surface area contributed by atoms with Crippen molar-refractivity contribution in [3.63, 3.8) is 0 Å². The first-order chi connectivity index (χ1) is 15.1. The molecular weight excluding hydrogens is 396 g/mol. The summed E-state index contributed by atoms with van der Waals surface area (Å²) in [5.74, 6) is 1.78. The number of hydrogen-bond donors (Lipinski definition) is 1. The van der Waals surface area contributed by atoms with Gasteiger partial charge in [-0.25, -0.2) is 4.79 Å². The van der Waals surface area contributed by atoms with Gasteiger partial charge in [0.05, 0.1) is 21.3 Å². The molecule has 0 spiro atoms. The van der Waals surface area contributed by atoms with Gasteiger partial charge in [-0.2, -0.15) is 0 Å². The van der Waals surface area contributed by atoms with Crippen LogP contribution in [0.4, 0.5) is 5.69 Å². The van der Waals surface area contributed by atoms with E-state index in [4.69, 9.17) is 14.2 Å². The second kappa shape index (κ2) is 10.6. The number of ether oxygens (including phenoxy) is 3. The molecule has 8 heteroatoms. The lowest BCUT2D eigenvalue weighted by atomic mass is 10.1. The molecule has 8 nitrogen and oxygen atoms in total. The third-order valence-corrected chi connectivity index (χ3v) is 5.35. The third kappa shape index (κ3) is 5.39. The van der Waals surface area contributed by atoms with Gasteiger partial charge < -0.3 is 29.3 Å². The molecule has 1 N–H and O–H groups in total. The highest BCUT2D eigenvalue weighted by molar-refractivity contribution is 5.92. The van der Waals surface area contributed by atoms with Crippen LogP contribution in [-0.2, 0) is 11.3 Å². The zero-order valence-electron chi connectivity index (χ0n) is 18.6. The lowest BCUT2D eigenvalue weighted by molar-refractivity contribution is 0.0597. The molecule has 31 heavy (non-hydrogen) atoms. The van der Waals surface area contributed by atoms with Gasteiger partial charge in [0.25, 0.3) is 0 Å². The van der Waals surface area contributed by atoms with Crippen molar-refractivity contribution in [1.29, 1.82) is 0 Å². The van der Waals surface area contributed by atoms with Crippen LogP contribution in [0, 0.1) is 0 Å². The van der Waals surface area contributed by atoms with Crippen molar-refractivity contribution < 1.29 is 19.0 Å². The first-order valence-corrected chi connectivity index (χ1v) is 10.2. The highest BCUT2D eigenvalue weighted by atomic mass is 16.5. The standard InChI is InChI=1S/C23H30N4O4/c1-24-23(25-16-17-5-10-21(30-3)20(15-17)22(28)31-4)27-13-11-26(12-14-27)18-6-8-19(29-2)9-7-18/h5-10,15H,11-14,16H2,1-4H3,(H,24,25). The molecule has 1 heterocycles. The Hall–Kier alpha value is -3.42. The van der Waals surface area contributed by atoms with Crippen molar-refractivity contribution in [3.05, 3.63) is 53.6 Å². The molecule has 0 saturated carbocycles. The number of guanidine groups is 1. The maximum absolute atomic E-state index is 12.0. The van der Waals surface area contributed by atoms with E-state index >= 15 is 0 Å². The number of carbonyl (C=O) groups excluding carboxylic acids is 1. The van der Waals surface area contributed by atoms with E-state index in [0.29, 0.717) is 17.9 Å². The van der Waals surface area contributed by atoms with Crippen LogP contribution in [0.15, 0.2) is 47.5 Å². The minimum Gasteiger partial charge on any atom is -0.497 e. The summed E-state index contributed by atoms with van der Waals surface area (Å²) in [4.78, 5) is 21.0. The normalized spacial score (nSPS) is 14.3. The van der Waals surface area contributed by atoms with Gasteiger partial charge in [0, 0.05) is 45.5 Å². The smallest absolute Gasteiger partial charge is 0.341 e. The average Bonchev–Trinajstić information content (AvgIpc) is 2.84. The van der Waals surface area contributed by atoms with Crippen molar-refractivity contribution in [2.24, 2.45) is 4.99 Å². The fraction of sp³-hybridized carbons (Fsp3) is 0.391. The summed E-state index contributed by atoms with van der Waals surface area (Å²) in [6.45, 7) is 4.08. The van der Waals surface area contributed by atoms with Crippen molar-refractivity contribution in [2.75, 3.05) is 59.5 Å². The SMILES string of the molecule is CN=C(NCc1ccc(OC)c(C(=O)OC)c1)N1CCN(c2ccc(OC)cc2)CC1. The van der Waals surface area contributed by atoms with Crippen LogP contribution in [0.1, 0.15) is 15.9 Å².